The molecule has 0 amide bonds. The van der Waals surface area contributed by atoms with Crippen molar-refractivity contribution in [3.05, 3.63) is 29.8 Å². The Morgan fingerprint density at radius 3 is 2.16 bits per heavy atom. The maximum Gasteiger partial charge on any atom is 0.175 e. The zero-order valence-electron chi connectivity index (χ0n) is 14.9. The van der Waals surface area contributed by atoms with Gasteiger partial charge in [0.1, 0.15) is 0 Å². The minimum absolute atomic E-state index is 0. The highest BCUT2D eigenvalue weighted by Crippen LogP contribution is 2.34. The van der Waals surface area contributed by atoms with Crippen LogP contribution in [-0.4, -0.2) is 40.5 Å². The van der Waals surface area contributed by atoms with Crippen molar-refractivity contribution in [3.8, 4) is 0 Å². The predicted octanol–water partition coefficient (Wildman–Crippen LogP) is 3.55. The fraction of sp³-hybridized carbons (Fsp3) is 0.684. The third-order valence-electron chi connectivity index (χ3n) is 5.48. The Morgan fingerprint density at radius 1 is 1.00 bits per heavy atom. The zero-order valence-corrected chi connectivity index (χ0v) is 16.6. The molecule has 1 saturated heterocycles. The summed E-state index contributed by atoms with van der Waals surface area (Å²) in [5.74, 6) is 1.27. The van der Waals surface area contributed by atoms with Gasteiger partial charge in [-0.1, -0.05) is 12.1 Å². The molecule has 0 bridgehead atoms. The van der Waals surface area contributed by atoms with Crippen LogP contribution in [-0.2, 0) is 14.6 Å². The molecule has 2 fully saturated rings. The van der Waals surface area contributed by atoms with E-state index in [1.165, 1.54) is 24.7 Å². The second-order valence-corrected chi connectivity index (χ2v) is 9.36. The van der Waals surface area contributed by atoms with Crippen molar-refractivity contribution in [1.82, 2.24) is 5.32 Å². The van der Waals surface area contributed by atoms with Gasteiger partial charge in [0, 0.05) is 12.9 Å². The van der Waals surface area contributed by atoms with E-state index < -0.39 is 9.84 Å². The van der Waals surface area contributed by atoms with Crippen LogP contribution in [0.5, 0.6) is 0 Å². The fourth-order valence-electron chi connectivity index (χ4n) is 3.87. The molecule has 142 valence electrons. The maximum atomic E-state index is 11.5. The Kier molecular flexibility index (Phi) is 7.74. The van der Waals surface area contributed by atoms with E-state index in [9.17, 15) is 8.42 Å². The fourth-order valence-corrected chi connectivity index (χ4v) is 4.50. The lowest BCUT2D eigenvalue weighted by Gasteiger charge is -2.31. The highest BCUT2D eigenvalue weighted by atomic mass is 35.5. The number of sulfone groups is 1. The van der Waals surface area contributed by atoms with E-state index in [-0.39, 0.29) is 12.4 Å². The first kappa shape index (κ1) is 20.7. The number of rotatable bonds is 5. The van der Waals surface area contributed by atoms with Gasteiger partial charge in [0.2, 0.25) is 0 Å². The first-order chi connectivity index (χ1) is 11.5. The number of nitrogens with one attached hydrogen (secondary N) is 1. The molecule has 1 N–H and O–H groups in total. The second kappa shape index (κ2) is 9.36. The number of piperidine rings is 1. The summed E-state index contributed by atoms with van der Waals surface area (Å²) >= 11 is 0. The second-order valence-electron chi connectivity index (χ2n) is 7.34. The summed E-state index contributed by atoms with van der Waals surface area (Å²) in [5, 5.41) is 3.40. The molecule has 3 rings (SSSR count). The van der Waals surface area contributed by atoms with Gasteiger partial charge in [-0.3, -0.25) is 0 Å². The average molecular weight is 388 g/mol. The topological polar surface area (TPSA) is 55.4 Å². The van der Waals surface area contributed by atoms with Gasteiger partial charge in [-0.2, -0.15) is 0 Å². The Balaban J connectivity index is 0.00000225. The molecule has 1 aromatic carbocycles. The van der Waals surface area contributed by atoms with Crippen molar-refractivity contribution in [3.63, 3.8) is 0 Å². The summed E-state index contributed by atoms with van der Waals surface area (Å²) in [6.07, 6.45) is 8.64. The number of benzene rings is 1. The standard InChI is InChI=1S/C19H29NO3S.ClH/c1-24(21,22)19-8-4-17(5-9-19)16-2-6-18(7-3-16)23-14-15-10-12-20-13-11-15;/h4-5,8-9,15-16,18,20H,2-3,6-7,10-14H2,1H3;1H. The van der Waals surface area contributed by atoms with Gasteiger partial charge in [0.25, 0.3) is 0 Å². The van der Waals surface area contributed by atoms with Crippen LogP contribution in [0.1, 0.15) is 50.0 Å². The Hall–Kier alpha value is -0.620. The van der Waals surface area contributed by atoms with E-state index in [0.29, 0.717) is 16.9 Å². The third kappa shape index (κ3) is 5.95. The molecule has 1 heterocycles. The lowest BCUT2D eigenvalue weighted by Crippen LogP contribution is -2.31. The van der Waals surface area contributed by atoms with Crippen LogP contribution in [0.15, 0.2) is 29.2 Å². The average Bonchev–Trinajstić information content (AvgIpc) is 2.61. The molecule has 25 heavy (non-hydrogen) atoms. The highest BCUT2D eigenvalue weighted by molar-refractivity contribution is 7.90. The summed E-state index contributed by atoms with van der Waals surface area (Å²) in [5.41, 5.74) is 1.26. The molecule has 0 radical (unpaired) electrons. The third-order valence-corrected chi connectivity index (χ3v) is 6.61. The van der Waals surface area contributed by atoms with E-state index >= 15 is 0 Å². The van der Waals surface area contributed by atoms with Gasteiger partial charge in [-0.05, 0) is 81.1 Å². The molecule has 1 aromatic rings. The van der Waals surface area contributed by atoms with Crippen molar-refractivity contribution < 1.29 is 13.2 Å². The minimum atomic E-state index is -3.10. The summed E-state index contributed by atoms with van der Waals surface area (Å²) in [4.78, 5) is 0.408. The molecule has 0 unspecified atom stereocenters. The lowest BCUT2D eigenvalue weighted by molar-refractivity contribution is -0.000459. The monoisotopic (exact) mass is 387 g/mol. The lowest BCUT2D eigenvalue weighted by atomic mass is 9.83. The number of halogens is 1. The molecule has 1 aliphatic carbocycles. The van der Waals surface area contributed by atoms with E-state index in [4.69, 9.17) is 4.74 Å². The van der Waals surface area contributed by atoms with Crippen molar-refractivity contribution in [2.45, 2.75) is 55.4 Å². The van der Waals surface area contributed by atoms with Crippen molar-refractivity contribution in [2.24, 2.45) is 5.92 Å². The number of ether oxygens (including phenoxy) is 1. The summed E-state index contributed by atoms with van der Waals surface area (Å²) < 4.78 is 29.3. The molecule has 0 atom stereocenters. The van der Waals surface area contributed by atoms with Crippen molar-refractivity contribution in [2.75, 3.05) is 26.0 Å². The molecule has 4 nitrogen and oxygen atoms in total. The van der Waals surface area contributed by atoms with E-state index in [1.807, 2.05) is 12.1 Å². The summed E-state index contributed by atoms with van der Waals surface area (Å²) in [6, 6.07) is 7.45. The highest BCUT2D eigenvalue weighted by Gasteiger charge is 2.24. The summed E-state index contributed by atoms with van der Waals surface area (Å²) in [7, 11) is -3.10. The van der Waals surface area contributed by atoms with Crippen LogP contribution < -0.4 is 5.32 Å². The molecule has 1 aliphatic heterocycles. The Bertz CT molecular complexity index is 619. The molecular formula is C19H30ClNO3S. The molecular weight excluding hydrogens is 358 g/mol. The van der Waals surface area contributed by atoms with Gasteiger partial charge >= 0.3 is 0 Å². The summed E-state index contributed by atoms with van der Waals surface area (Å²) in [6.45, 7) is 3.18. The van der Waals surface area contributed by atoms with E-state index in [0.717, 1.165) is 51.3 Å². The zero-order chi connectivity index (χ0) is 17.0. The number of hydrogen-bond acceptors (Lipinski definition) is 4. The first-order valence-corrected chi connectivity index (χ1v) is 11.0. The smallest absolute Gasteiger partial charge is 0.175 e. The van der Waals surface area contributed by atoms with Crippen LogP contribution in [0.2, 0.25) is 0 Å². The molecule has 2 aliphatic rings. The van der Waals surface area contributed by atoms with Gasteiger partial charge in [-0.25, -0.2) is 8.42 Å². The SMILES string of the molecule is CS(=O)(=O)c1ccc(C2CCC(OCC3CCNCC3)CC2)cc1.Cl. The maximum absolute atomic E-state index is 11.5. The molecule has 0 spiro atoms. The van der Waals surface area contributed by atoms with E-state index in [1.54, 1.807) is 12.1 Å². The predicted molar refractivity (Wildman–Crippen MR) is 103 cm³/mol. The van der Waals surface area contributed by atoms with Crippen molar-refractivity contribution in [1.29, 1.82) is 0 Å². The first-order valence-electron chi connectivity index (χ1n) is 9.14. The Morgan fingerprint density at radius 2 is 1.60 bits per heavy atom. The van der Waals surface area contributed by atoms with Crippen LogP contribution in [0.3, 0.4) is 0 Å². The van der Waals surface area contributed by atoms with Gasteiger partial charge in [-0.15, -0.1) is 12.4 Å². The number of hydrogen-bond donors (Lipinski definition) is 1. The molecule has 0 aromatic heterocycles. The Labute approximate surface area is 158 Å². The van der Waals surface area contributed by atoms with Crippen LogP contribution in [0.4, 0.5) is 0 Å². The quantitative estimate of drug-likeness (QED) is 0.839. The normalized spacial score (nSPS) is 25.3. The van der Waals surface area contributed by atoms with Gasteiger partial charge < -0.3 is 10.1 Å². The van der Waals surface area contributed by atoms with Crippen LogP contribution >= 0.6 is 12.4 Å². The van der Waals surface area contributed by atoms with Crippen LogP contribution in [0, 0.1) is 5.92 Å². The van der Waals surface area contributed by atoms with Gasteiger partial charge in [0.15, 0.2) is 9.84 Å². The molecule has 1 saturated carbocycles. The minimum Gasteiger partial charge on any atom is -0.378 e. The molecule has 6 heteroatoms. The van der Waals surface area contributed by atoms with Crippen molar-refractivity contribution >= 4 is 22.2 Å². The van der Waals surface area contributed by atoms with Gasteiger partial charge in [0.05, 0.1) is 11.0 Å². The van der Waals surface area contributed by atoms with Crippen LogP contribution in [0.25, 0.3) is 0 Å². The van der Waals surface area contributed by atoms with E-state index in [2.05, 4.69) is 5.32 Å². The largest absolute Gasteiger partial charge is 0.378 e.